The van der Waals surface area contributed by atoms with Crippen molar-refractivity contribution in [3.63, 3.8) is 0 Å². The maximum absolute atomic E-state index is 12.6. The van der Waals surface area contributed by atoms with Gasteiger partial charge in [-0.25, -0.2) is 0 Å². The molecule has 2 aliphatic rings. The average Bonchev–Trinajstić information content (AvgIpc) is 2.96. The smallest absolute Gasteiger partial charge is 0.294 e. The third-order valence-electron chi connectivity index (χ3n) is 4.32. The van der Waals surface area contributed by atoms with Crippen LogP contribution in [0.25, 0.3) is 6.08 Å². The number of benzene rings is 1. The summed E-state index contributed by atoms with van der Waals surface area (Å²) < 4.78 is 16.0. The molecular formula is C19H22N2O6S. The van der Waals surface area contributed by atoms with Crippen LogP contribution in [0, 0.1) is 0 Å². The van der Waals surface area contributed by atoms with Crippen molar-refractivity contribution < 1.29 is 28.6 Å². The maximum Gasteiger partial charge on any atom is 0.294 e. The summed E-state index contributed by atoms with van der Waals surface area (Å²) in [5.74, 6) is 0.420. The van der Waals surface area contributed by atoms with Gasteiger partial charge in [0.25, 0.3) is 11.1 Å². The first kappa shape index (κ1) is 20.2. The molecule has 0 atom stereocenters. The van der Waals surface area contributed by atoms with E-state index < -0.39 is 11.1 Å². The third kappa shape index (κ3) is 4.48. The van der Waals surface area contributed by atoms with Crippen LogP contribution in [-0.4, -0.2) is 73.4 Å². The second-order valence-electron chi connectivity index (χ2n) is 6.10. The standard InChI is InChI=1S/C19H22N2O6S/c1-3-27-15-10-13(4-5-14(15)25-2)11-16-18(23)21(19(24)28-16)12-17(22)20-6-8-26-9-7-20/h4-5,10-11H,3,6-9,12H2,1-2H3/b16-11-. The minimum absolute atomic E-state index is 0.255. The molecule has 28 heavy (non-hydrogen) atoms. The molecule has 150 valence electrons. The van der Waals surface area contributed by atoms with Crippen LogP contribution in [0.15, 0.2) is 23.1 Å². The van der Waals surface area contributed by atoms with Gasteiger partial charge >= 0.3 is 0 Å². The van der Waals surface area contributed by atoms with E-state index in [0.29, 0.717) is 50.0 Å². The largest absolute Gasteiger partial charge is 0.493 e. The molecule has 8 nitrogen and oxygen atoms in total. The Balaban J connectivity index is 1.73. The third-order valence-corrected chi connectivity index (χ3v) is 5.22. The van der Waals surface area contributed by atoms with Crippen molar-refractivity contribution in [2.75, 3.05) is 46.6 Å². The van der Waals surface area contributed by atoms with E-state index in [1.54, 1.807) is 36.3 Å². The molecule has 1 aromatic rings. The zero-order valence-corrected chi connectivity index (χ0v) is 16.6. The first-order valence-electron chi connectivity index (χ1n) is 8.95. The average molecular weight is 406 g/mol. The van der Waals surface area contributed by atoms with Crippen molar-refractivity contribution in [1.29, 1.82) is 0 Å². The summed E-state index contributed by atoms with van der Waals surface area (Å²) in [5.41, 5.74) is 0.703. The number of rotatable bonds is 6. The zero-order chi connectivity index (χ0) is 20.1. The lowest BCUT2D eigenvalue weighted by molar-refractivity contribution is -0.139. The van der Waals surface area contributed by atoms with Crippen LogP contribution in [0.4, 0.5) is 4.79 Å². The summed E-state index contributed by atoms with van der Waals surface area (Å²) in [6.45, 7) is 3.95. The number of carbonyl (C=O) groups is 3. The Labute approximate surface area is 167 Å². The van der Waals surface area contributed by atoms with Crippen molar-refractivity contribution in [2.24, 2.45) is 0 Å². The number of morpholine rings is 1. The second-order valence-corrected chi connectivity index (χ2v) is 7.10. The molecule has 9 heteroatoms. The van der Waals surface area contributed by atoms with Gasteiger partial charge in [-0.15, -0.1) is 0 Å². The number of carbonyl (C=O) groups excluding carboxylic acids is 3. The van der Waals surface area contributed by atoms with Crippen LogP contribution in [-0.2, 0) is 14.3 Å². The fraction of sp³-hybridized carbons (Fsp3) is 0.421. The van der Waals surface area contributed by atoms with E-state index in [-0.39, 0.29) is 17.4 Å². The highest BCUT2D eigenvalue weighted by Crippen LogP contribution is 2.34. The summed E-state index contributed by atoms with van der Waals surface area (Å²) >= 11 is 0.825. The number of hydrogen-bond acceptors (Lipinski definition) is 7. The molecule has 2 heterocycles. The normalized spacial score (nSPS) is 18.7. The van der Waals surface area contributed by atoms with Crippen molar-refractivity contribution in [3.8, 4) is 11.5 Å². The monoisotopic (exact) mass is 406 g/mol. The molecule has 0 spiro atoms. The number of hydrogen-bond donors (Lipinski definition) is 0. The SMILES string of the molecule is CCOc1cc(/C=C2\SC(=O)N(CC(=O)N3CCOCC3)C2=O)ccc1OC. The highest BCUT2D eigenvalue weighted by atomic mass is 32.2. The Morgan fingerprint density at radius 1 is 1.25 bits per heavy atom. The highest BCUT2D eigenvalue weighted by Gasteiger charge is 2.37. The number of thioether (sulfide) groups is 1. The van der Waals surface area contributed by atoms with Gasteiger partial charge in [0.1, 0.15) is 6.54 Å². The van der Waals surface area contributed by atoms with Gasteiger partial charge in [-0.1, -0.05) is 6.07 Å². The molecule has 1 aromatic carbocycles. The van der Waals surface area contributed by atoms with E-state index in [2.05, 4.69) is 0 Å². The molecular weight excluding hydrogens is 384 g/mol. The lowest BCUT2D eigenvalue weighted by atomic mass is 10.2. The van der Waals surface area contributed by atoms with Crippen molar-refractivity contribution in [3.05, 3.63) is 28.7 Å². The van der Waals surface area contributed by atoms with Gasteiger partial charge in [-0.05, 0) is 42.5 Å². The molecule has 0 N–H and O–H groups in total. The van der Waals surface area contributed by atoms with Crippen LogP contribution >= 0.6 is 11.8 Å². The topological polar surface area (TPSA) is 85.4 Å². The Morgan fingerprint density at radius 2 is 2.00 bits per heavy atom. The van der Waals surface area contributed by atoms with Gasteiger partial charge in [0, 0.05) is 13.1 Å². The van der Waals surface area contributed by atoms with Crippen LogP contribution in [0.1, 0.15) is 12.5 Å². The summed E-state index contributed by atoms with van der Waals surface area (Å²) in [6.07, 6.45) is 1.62. The van der Waals surface area contributed by atoms with E-state index >= 15 is 0 Å². The molecule has 0 aromatic heterocycles. The van der Waals surface area contributed by atoms with E-state index in [9.17, 15) is 14.4 Å². The van der Waals surface area contributed by atoms with Gasteiger partial charge in [0.05, 0.1) is 31.8 Å². The summed E-state index contributed by atoms with van der Waals surface area (Å²) in [5, 5.41) is -0.448. The number of methoxy groups -OCH3 is 1. The van der Waals surface area contributed by atoms with Gasteiger partial charge in [0.15, 0.2) is 11.5 Å². The predicted octanol–water partition coefficient (Wildman–Crippen LogP) is 1.99. The second kappa shape index (κ2) is 9.11. The number of amides is 3. The molecule has 3 amide bonds. The van der Waals surface area contributed by atoms with Crippen LogP contribution in [0.2, 0.25) is 0 Å². The first-order chi connectivity index (χ1) is 13.5. The Hall–Kier alpha value is -2.52. The molecule has 3 rings (SSSR count). The lowest BCUT2D eigenvalue weighted by Crippen LogP contribution is -2.46. The van der Waals surface area contributed by atoms with E-state index in [4.69, 9.17) is 14.2 Å². The molecule has 0 unspecified atom stereocenters. The van der Waals surface area contributed by atoms with Crippen molar-refractivity contribution in [1.82, 2.24) is 9.80 Å². The van der Waals surface area contributed by atoms with Crippen LogP contribution in [0.5, 0.6) is 11.5 Å². The van der Waals surface area contributed by atoms with Crippen LogP contribution < -0.4 is 9.47 Å². The lowest BCUT2D eigenvalue weighted by Gasteiger charge is -2.28. The quantitative estimate of drug-likeness (QED) is 0.668. The highest BCUT2D eigenvalue weighted by molar-refractivity contribution is 8.18. The molecule has 2 fully saturated rings. The Kier molecular flexibility index (Phi) is 6.58. The zero-order valence-electron chi connectivity index (χ0n) is 15.8. The van der Waals surface area contributed by atoms with Gasteiger partial charge in [-0.3, -0.25) is 19.3 Å². The predicted molar refractivity (Wildman–Crippen MR) is 104 cm³/mol. The summed E-state index contributed by atoms with van der Waals surface area (Å²) in [7, 11) is 1.55. The van der Waals surface area contributed by atoms with E-state index in [1.165, 1.54) is 0 Å². The van der Waals surface area contributed by atoms with Gasteiger partial charge < -0.3 is 19.1 Å². The summed E-state index contributed by atoms with van der Waals surface area (Å²) in [4.78, 5) is 40.1. The molecule has 2 aliphatic heterocycles. The number of ether oxygens (including phenoxy) is 3. The molecule has 0 aliphatic carbocycles. The minimum atomic E-state index is -0.467. The van der Waals surface area contributed by atoms with E-state index in [1.807, 2.05) is 6.92 Å². The number of nitrogens with zero attached hydrogens (tertiary/aromatic N) is 2. The molecule has 0 radical (unpaired) electrons. The first-order valence-corrected chi connectivity index (χ1v) is 9.77. The fourth-order valence-electron chi connectivity index (χ4n) is 2.89. The Morgan fingerprint density at radius 3 is 2.68 bits per heavy atom. The van der Waals surface area contributed by atoms with Crippen molar-refractivity contribution >= 4 is 34.9 Å². The van der Waals surface area contributed by atoms with Gasteiger partial charge in [0.2, 0.25) is 5.91 Å². The maximum atomic E-state index is 12.6. The minimum Gasteiger partial charge on any atom is -0.493 e. The molecule has 0 bridgehead atoms. The van der Waals surface area contributed by atoms with Crippen molar-refractivity contribution in [2.45, 2.75) is 6.92 Å². The molecule has 2 saturated heterocycles. The van der Waals surface area contributed by atoms with E-state index in [0.717, 1.165) is 16.7 Å². The number of imide groups is 1. The fourth-order valence-corrected chi connectivity index (χ4v) is 3.73. The summed E-state index contributed by atoms with van der Waals surface area (Å²) in [6, 6.07) is 5.26. The molecule has 0 saturated carbocycles. The van der Waals surface area contributed by atoms with Crippen LogP contribution in [0.3, 0.4) is 0 Å². The Bertz CT molecular complexity index is 804. The van der Waals surface area contributed by atoms with Gasteiger partial charge in [-0.2, -0.15) is 0 Å².